The Morgan fingerprint density at radius 2 is 2.00 bits per heavy atom. The third kappa shape index (κ3) is 3.64. The third-order valence-electron chi connectivity index (χ3n) is 3.90. The first-order valence-corrected chi connectivity index (χ1v) is 7.37. The number of nitrogens with zero attached hydrogens (tertiary/aromatic N) is 2. The van der Waals surface area contributed by atoms with Gasteiger partial charge >= 0.3 is 0 Å². The van der Waals surface area contributed by atoms with E-state index in [-0.39, 0.29) is 0 Å². The number of benzene rings is 1. The maximum absolute atomic E-state index is 5.43. The summed E-state index contributed by atoms with van der Waals surface area (Å²) in [6.45, 7) is 7.17. The molecule has 0 spiro atoms. The Bertz CT molecular complexity index is 604. The molecular formula is C17H25N3O. The first-order valence-electron chi connectivity index (χ1n) is 7.37. The second kappa shape index (κ2) is 6.76. The SMILES string of the molecule is COc1c(CNC(C)Cc2ccccc2C)c(C)nn1C. The lowest BCUT2D eigenvalue weighted by Gasteiger charge is -2.15. The smallest absolute Gasteiger partial charge is 0.216 e. The first-order chi connectivity index (χ1) is 10.0. The van der Waals surface area contributed by atoms with Gasteiger partial charge in [0.1, 0.15) is 0 Å². The fraction of sp³-hybridized carbons (Fsp3) is 0.471. The van der Waals surface area contributed by atoms with Crippen LogP contribution in [0.2, 0.25) is 0 Å². The maximum Gasteiger partial charge on any atom is 0.216 e. The van der Waals surface area contributed by atoms with E-state index in [9.17, 15) is 0 Å². The minimum atomic E-state index is 0.399. The van der Waals surface area contributed by atoms with Gasteiger partial charge in [0.05, 0.1) is 18.4 Å². The van der Waals surface area contributed by atoms with Crippen LogP contribution in [0.15, 0.2) is 24.3 Å². The van der Waals surface area contributed by atoms with Gasteiger partial charge in [0.15, 0.2) is 0 Å². The summed E-state index contributed by atoms with van der Waals surface area (Å²) in [5, 5.41) is 7.98. The summed E-state index contributed by atoms with van der Waals surface area (Å²) in [6, 6.07) is 8.94. The highest BCUT2D eigenvalue weighted by Crippen LogP contribution is 2.20. The van der Waals surface area contributed by atoms with Crippen molar-refractivity contribution < 1.29 is 4.74 Å². The van der Waals surface area contributed by atoms with Crippen LogP contribution in [0.4, 0.5) is 0 Å². The van der Waals surface area contributed by atoms with Crippen molar-refractivity contribution in [2.24, 2.45) is 7.05 Å². The van der Waals surface area contributed by atoms with Crippen molar-refractivity contribution in [2.45, 2.75) is 39.8 Å². The van der Waals surface area contributed by atoms with Crippen molar-refractivity contribution in [3.63, 3.8) is 0 Å². The van der Waals surface area contributed by atoms with Crippen molar-refractivity contribution in [2.75, 3.05) is 7.11 Å². The second-order valence-electron chi connectivity index (χ2n) is 5.61. The molecule has 4 heteroatoms. The van der Waals surface area contributed by atoms with E-state index in [1.165, 1.54) is 11.1 Å². The van der Waals surface area contributed by atoms with Gasteiger partial charge in [-0.1, -0.05) is 24.3 Å². The van der Waals surface area contributed by atoms with Crippen LogP contribution in [0, 0.1) is 13.8 Å². The number of aryl methyl sites for hydroxylation is 3. The van der Waals surface area contributed by atoms with E-state index in [4.69, 9.17) is 4.74 Å². The van der Waals surface area contributed by atoms with Gasteiger partial charge in [0.25, 0.3) is 0 Å². The van der Waals surface area contributed by atoms with Crippen molar-refractivity contribution in [1.82, 2.24) is 15.1 Å². The molecule has 1 atom stereocenters. The van der Waals surface area contributed by atoms with Crippen LogP contribution in [0.25, 0.3) is 0 Å². The molecule has 21 heavy (non-hydrogen) atoms. The largest absolute Gasteiger partial charge is 0.481 e. The molecule has 114 valence electrons. The predicted octanol–water partition coefficient (Wildman–Crippen LogP) is 2.77. The Balaban J connectivity index is 1.99. The van der Waals surface area contributed by atoms with Gasteiger partial charge in [0.2, 0.25) is 5.88 Å². The summed E-state index contributed by atoms with van der Waals surface area (Å²) < 4.78 is 7.22. The summed E-state index contributed by atoms with van der Waals surface area (Å²) >= 11 is 0. The lowest BCUT2D eigenvalue weighted by atomic mass is 10.0. The van der Waals surface area contributed by atoms with Gasteiger partial charge in [-0.25, -0.2) is 4.68 Å². The lowest BCUT2D eigenvalue weighted by Crippen LogP contribution is -2.28. The van der Waals surface area contributed by atoms with Crippen molar-refractivity contribution in [3.05, 3.63) is 46.6 Å². The fourth-order valence-corrected chi connectivity index (χ4v) is 2.66. The molecule has 0 radical (unpaired) electrons. The zero-order valence-corrected chi connectivity index (χ0v) is 13.6. The van der Waals surface area contributed by atoms with Crippen LogP contribution < -0.4 is 10.1 Å². The molecule has 1 aromatic carbocycles. The third-order valence-corrected chi connectivity index (χ3v) is 3.90. The van der Waals surface area contributed by atoms with Gasteiger partial charge in [-0.05, 0) is 38.3 Å². The van der Waals surface area contributed by atoms with Crippen LogP contribution in [-0.2, 0) is 20.0 Å². The van der Waals surface area contributed by atoms with E-state index < -0.39 is 0 Å². The molecule has 1 aromatic heterocycles. The highest BCUT2D eigenvalue weighted by molar-refractivity contribution is 5.31. The number of hydrogen-bond acceptors (Lipinski definition) is 3. The Hall–Kier alpha value is -1.81. The molecule has 0 aliphatic heterocycles. The molecule has 4 nitrogen and oxygen atoms in total. The molecule has 2 aromatic rings. The Labute approximate surface area is 127 Å². The summed E-state index contributed by atoms with van der Waals surface area (Å²) in [7, 11) is 3.60. The number of aromatic nitrogens is 2. The van der Waals surface area contributed by atoms with E-state index in [0.717, 1.165) is 30.1 Å². The number of ether oxygens (including phenoxy) is 1. The van der Waals surface area contributed by atoms with Crippen LogP contribution in [-0.4, -0.2) is 22.9 Å². The van der Waals surface area contributed by atoms with E-state index in [2.05, 4.69) is 48.5 Å². The molecule has 0 saturated heterocycles. The molecule has 1 N–H and O–H groups in total. The number of methoxy groups -OCH3 is 1. The Morgan fingerprint density at radius 3 is 2.67 bits per heavy atom. The zero-order chi connectivity index (χ0) is 15.4. The van der Waals surface area contributed by atoms with Crippen molar-refractivity contribution in [3.8, 4) is 5.88 Å². The summed E-state index contributed by atoms with van der Waals surface area (Å²) in [4.78, 5) is 0. The Kier molecular flexibility index (Phi) is 5.02. The molecule has 0 bridgehead atoms. The van der Waals surface area contributed by atoms with E-state index in [0.29, 0.717) is 6.04 Å². The molecule has 1 unspecified atom stereocenters. The molecule has 0 fully saturated rings. The van der Waals surface area contributed by atoms with Gasteiger partial charge in [-0.3, -0.25) is 0 Å². The fourth-order valence-electron chi connectivity index (χ4n) is 2.66. The molecular weight excluding hydrogens is 262 g/mol. The maximum atomic E-state index is 5.43. The monoisotopic (exact) mass is 287 g/mol. The predicted molar refractivity (Wildman–Crippen MR) is 85.7 cm³/mol. The number of hydrogen-bond donors (Lipinski definition) is 1. The second-order valence-corrected chi connectivity index (χ2v) is 5.61. The first kappa shape index (κ1) is 15.6. The molecule has 2 rings (SSSR count). The molecule has 0 amide bonds. The average molecular weight is 287 g/mol. The van der Waals surface area contributed by atoms with Crippen molar-refractivity contribution >= 4 is 0 Å². The average Bonchev–Trinajstić information content (AvgIpc) is 2.72. The van der Waals surface area contributed by atoms with E-state index in [1.54, 1.807) is 11.8 Å². The van der Waals surface area contributed by atoms with Gasteiger partial charge < -0.3 is 10.1 Å². The molecule has 0 saturated carbocycles. The minimum absolute atomic E-state index is 0.399. The normalized spacial score (nSPS) is 12.4. The van der Waals surface area contributed by atoms with E-state index in [1.807, 2.05) is 14.0 Å². The van der Waals surface area contributed by atoms with Crippen LogP contribution in [0.1, 0.15) is 29.3 Å². The standard InChI is InChI=1S/C17H25N3O/c1-12-8-6-7-9-15(12)10-13(2)18-11-16-14(3)19-20(4)17(16)21-5/h6-9,13,18H,10-11H2,1-5H3. The Morgan fingerprint density at radius 1 is 1.29 bits per heavy atom. The van der Waals surface area contributed by atoms with Crippen LogP contribution >= 0.6 is 0 Å². The van der Waals surface area contributed by atoms with Gasteiger partial charge in [-0.15, -0.1) is 0 Å². The molecule has 1 heterocycles. The topological polar surface area (TPSA) is 39.1 Å². The zero-order valence-electron chi connectivity index (χ0n) is 13.6. The highest BCUT2D eigenvalue weighted by Gasteiger charge is 2.14. The number of nitrogens with one attached hydrogen (secondary N) is 1. The molecule has 0 aliphatic rings. The summed E-state index contributed by atoms with van der Waals surface area (Å²) in [6.07, 6.45) is 1.02. The summed E-state index contributed by atoms with van der Waals surface area (Å²) in [5.74, 6) is 0.836. The number of rotatable bonds is 6. The van der Waals surface area contributed by atoms with Gasteiger partial charge in [-0.2, -0.15) is 5.10 Å². The van der Waals surface area contributed by atoms with Gasteiger partial charge in [0, 0.05) is 19.6 Å². The minimum Gasteiger partial charge on any atom is -0.481 e. The summed E-state index contributed by atoms with van der Waals surface area (Å²) in [5.41, 5.74) is 4.90. The quantitative estimate of drug-likeness (QED) is 0.888. The van der Waals surface area contributed by atoms with Crippen LogP contribution in [0.5, 0.6) is 5.88 Å². The van der Waals surface area contributed by atoms with Crippen LogP contribution in [0.3, 0.4) is 0 Å². The van der Waals surface area contributed by atoms with E-state index >= 15 is 0 Å². The molecule has 0 aliphatic carbocycles. The lowest BCUT2D eigenvalue weighted by molar-refractivity contribution is 0.367. The highest BCUT2D eigenvalue weighted by atomic mass is 16.5. The van der Waals surface area contributed by atoms with Crippen molar-refractivity contribution in [1.29, 1.82) is 0 Å².